The first-order valence-corrected chi connectivity index (χ1v) is 10.1. The number of nitrogens with zero attached hydrogens (tertiary/aromatic N) is 1. The van der Waals surface area contributed by atoms with Crippen molar-refractivity contribution in [3.05, 3.63) is 94.7 Å². The van der Waals surface area contributed by atoms with Crippen LogP contribution in [0.15, 0.2) is 72.4 Å². The predicted octanol–water partition coefficient (Wildman–Crippen LogP) is 5.02. The molecule has 31 heavy (non-hydrogen) atoms. The summed E-state index contributed by atoms with van der Waals surface area (Å²) in [5, 5.41) is 3.21. The van der Waals surface area contributed by atoms with Gasteiger partial charge in [-0.2, -0.15) is 0 Å². The van der Waals surface area contributed by atoms with Gasteiger partial charge in [0.05, 0.1) is 18.4 Å². The van der Waals surface area contributed by atoms with Crippen LogP contribution in [0.25, 0.3) is 5.57 Å². The van der Waals surface area contributed by atoms with Crippen LogP contribution in [0.4, 0.5) is 11.4 Å². The van der Waals surface area contributed by atoms with Crippen LogP contribution in [0.3, 0.4) is 0 Å². The minimum atomic E-state index is -0.388. The van der Waals surface area contributed by atoms with Gasteiger partial charge in [0.2, 0.25) is 0 Å². The smallest absolute Gasteiger partial charge is 0.282 e. The first-order chi connectivity index (χ1) is 14.9. The molecular weight excluding hydrogens is 388 g/mol. The Kier molecular flexibility index (Phi) is 5.34. The summed E-state index contributed by atoms with van der Waals surface area (Å²) in [6.45, 7) is 5.81. The predicted molar refractivity (Wildman–Crippen MR) is 123 cm³/mol. The second kappa shape index (κ2) is 8.11. The lowest BCUT2D eigenvalue weighted by atomic mass is 10.0. The van der Waals surface area contributed by atoms with Crippen molar-refractivity contribution in [2.75, 3.05) is 17.3 Å². The average Bonchev–Trinajstić information content (AvgIpc) is 2.99. The zero-order chi connectivity index (χ0) is 22.1. The standard InChI is InChI=1S/C26H24N2O3/c1-16-8-7-9-19(14-16)27-24-23(20-10-5-6-11-22(20)31-4)25(29)28(26(24)30)21-15-17(2)12-13-18(21)3/h5-15,27H,1-4H3. The number of benzene rings is 3. The maximum absolute atomic E-state index is 13.7. The molecule has 1 aliphatic heterocycles. The van der Waals surface area contributed by atoms with E-state index in [4.69, 9.17) is 4.74 Å². The Bertz CT molecular complexity index is 1230. The summed E-state index contributed by atoms with van der Waals surface area (Å²) in [7, 11) is 1.55. The Morgan fingerprint density at radius 3 is 2.29 bits per heavy atom. The third-order valence-corrected chi connectivity index (χ3v) is 5.35. The molecule has 5 nitrogen and oxygen atoms in total. The molecule has 1 N–H and O–H groups in total. The molecule has 0 fully saturated rings. The number of ether oxygens (including phenoxy) is 1. The van der Waals surface area contributed by atoms with Crippen LogP contribution < -0.4 is 15.0 Å². The number of methoxy groups -OCH3 is 1. The topological polar surface area (TPSA) is 58.6 Å². The number of para-hydroxylation sites is 1. The normalized spacial score (nSPS) is 13.7. The molecule has 1 aliphatic rings. The van der Waals surface area contributed by atoms with Gasteiger partial charge in [-0.3, -0.25) is 9.59 Å². The average molecular weight is 412 g/mol. The van der Waals surface area contributed by atoms with Gasteiger partial charge in [0.25, 0.3) is 11.8 Å². The molecule has 5 heteroatoms. The van der Waals surface area contributed by atoms with Crippen molar-refractivity contribution in [1.82, 2.24) is 0 Å². The number of carbonyl (C=O) groups is 2. The Labute approximate surface area is 182 Å². The van der Waals surface area contributed by atoms with E-state index in [1.54, 1.807) is 19.2 Å². The molecule has 0 saturated heterocycles. The van der Waals surface area contributed by atoms with Crippen LogP contribution >= 0.6 is 0 Å². The van der Waals surface area contributed by atoms with Gasteiger partial charge in [-0.25, -0.2) is 4.90 Å². The molecule has 3 aromatic rings. The second-order valence-electron chi connectivity index (χ2n) is 7.68. The monoisotopic (exact) mass is 412 g/mol. The van der Waals surface area contributed by atoms with Crippen LogP contribution in [-0.4, -0.2) is 18.9 Å². The molecule has 156 valence electrons. The Morgan fingerprint density at radius 2 is 1.55 bits per heavy atom. The summed E-state index contributed by atoms with van der Waals surface area (Å²) in [6.07, 6.45) is 0. The van der Waals surface area contributed by atoms with Gasteiger partial charge in [0.1, 0.15) is 11.4 Å². The largest absolute Gasteiger partial charge is 0.496 e. The Hall–Kier alpha value is -3.86. The number of rotatable bonds is 5. The number of carbonyl (C=O) groups excluding carboxylic acids is 2. The molecule has 4 rings (SSSR count). The van der Waals surface area contributed by atoms with E-state index in [1.807, 2.05) is 75.4 Å². The number of imide groups is 1. The van der Waals surface area contributed by atoms with E-state index >= 15 is 0 Å². The van der Waals surface area contributed by atoms with Crippen LogP contribution in [0, 0.1) is 20.8 Å². The molecule has 0 aromatic heterocycles. The van der Waals surface area contributed by atoms with Crippen molar-refractivity contribution in [1.29, 1.82) is 0 Å². The molecule has 0 atom stereocenters. The highest BCUT2D eigenvalue weighted by molar-refractivity contribution is 6.46. The number of amides is 2. The van der Waals surface area contributed by atoms with Crippen LogP contribution in [0.1, 0.15) is 22.3 Å². The molecule has 0 spiro atoms. The van der Waals surface area contributed by atoms with Crippen LogP contribution in [0.2, 0.25) is 0 Å². The van der Waals surface area contributed by atoms with Crippen LogP contribution in [0.5, 0.6) is 5.75 Å². The van der Waals surface area contributed by atoms with Crippen molar-refractivity contribution in [2.45, 2.75) is 20.8 Å². The van der Waals surface area contributed by atoms with Gasteiger partial charge in [-0.1, -0.05) is 42.5 Å². The fraction of sp³-hybridized carbons (Fsp3) is 0.154. The zero-order valence-electron chi connectivity index (χ0n) is 18.0. The quantitative estimate of drug-likeness (QED) is 0.598. The highest BCUT2D eigenvalue weighted by Crippen LogP contribution is 2.38. The van der Waals surface area contributed by atoms with E-state index in [0.29, 0.717) is 22.6 Å². The SMILES string of the molecule is COc1ccccc1C1=C(Nc2cccc(C)c2)C(=O)N(c2cc(C)ccc2C)C1=O. The maximum atomic E-state index is 13.7. The van der Waals surface area contributed by atoms with E-state index in [1.165, 1.54) is 4.90 Å². The molecular formula is C26H24N2O3. The summed E-state index contributed by atoms with van der Waals surface area (Å²) in [5.41, 5.74) is 5.31. The highest BCUT2D eigenvalue weighted by Gasteiger charge is 2.41. The molecule has 3 aromatic carbocycles. The van der Waals surface area contributed by atoms with E-state index < -0.39 is 0 Å². The van der Waals surface area contributed by atoms with Gasteiger partial charge in [0, 0.05) is 11.3 Å². The van der Waals surface area contributed by atoms with Gasteiger partial charge in [-0.15, -0.1) is 0 Å². The fourth-order valence-corrected chi connectivity index (χ4v) is 3.79. The molecule has 0 aliphatic carbocycles. The second-order valence-corrected chi connectivity index (χ2v) is 7.68. The van der Waals surface area contributed by atoms with Crippen LogP contribution in [-0.2, 0) is 9.59 Å². The van der Waals surface area contributed by atoms with Gasteiger partial charge in [-0.05, 0) is 61.7 Å². The van der Waals surface area contributed by atoms with E-state index in [9.17, 15) is 9.59 Å². The van der Waals surface area contributed by atoms with Gasteiger partial charge in [0.15, 0.2) is 0 Å². The minimum Gasteiger partial charge on any atom is -0.496 e. The third kappa shape index (κ3) is 3.70. The Balaban J connectivity index is 1.90. The molecule has 0 bridgehead atoms. The lowest BCUT2D eigenvalue weighted by molar-refractivity contribution is -0.120. The van der Waals surface area contributed by atoms with Crippen molar-refractivity contribution < 1.29 is 14.3 Å². The van der Waals surface area contributed by atoms with E-state index in [2.05, 4.69) is 5.32 Å². The number of hydrogen-bond acceptors (Lipinski definition) is 4. The lowest BCUT2D eigenvalue weighted by Crippen LogP contribution is -2.33. The van der Waals surface area contributed by atoms with Gasteiger partial charge >= 0.3 is 0 Å². The molecule has 1 heterocycles. The first kappa shape index (κ1) is 20.4. The summed E-state index contributed by atoms with van der Waals surface area (Å²) >= 11 is 0. The number of hydrogen-bond donors (Lipinski definition) is 1. The third-order valence-electron chi connectivity index (χ3n) is 5.35. The van der Waals surface area contributed by atoms with Crippen molar-refractivity contribution >= 4 is 28.8 Å². The van der Waals surface area contributed by atoms with Crippen molar-refractivity contribution in [3.8, 4) is 5.75 Å². The first-order valence-electron chi connectivity index (χ1n) is 10.1. The summed E-state index contributed by atoms with van der Waals surface area (Å²) in [5.74, 6) is -0.232. The van der Waals surface area contributed by atoms with E-state index in [0.717, 1.165) is 22.4 Å². The zero-order valence-corrected chi connectivity index (χ0v) is 18.0. The summed E-state index contributed by atoms with van der Waals surface area (Å²) in [4.78, 5) is 28.5. The van der Waals surface area contributed by atoms with Crippen molar-refractivity contribution in [3.63, 3.8) is 0 Å². The summed E-state index contributed by atoms with van der Waals surface area (Å²) < 4.78 is 5.50. The minimum absolute atomic E-state index is 0.237. The van der Waals surface area contributed by atoms with Crippen molar-refractivity contribution in [2.24, 2.45) is 0 Å². The molecule has 0 unspecified atom stereocenters. The Morgan fingerprint density at radius 1 is 0.806 bits per heavy atom. The van der Waals surface area contributed by atoms with Gasteiger partial charge < -0.3 is 10.1 Å². The molecule has 0 saturated carbocycles. The number of nitrogens with one attached hydrogen (secondary N) is 1. The lowest BCUT2D eigenvalue weighted by Gasteiger charge is -2.18. The maximum Gasteiger partial charge on any atom is 0.282 e. The highest BCUT2D eigenvalue weighted by atomic mass is 16.5. The fourth-order valence-electron chi connectivity index (χ4n) is 3.79. The van der Waals surface area contributed by atoms with E-state index in [-0.39, 0.29) is 17.5 Å². The molecule has 2 amide bonds. The summed E-state index contributed by atoms with van der Waals surface area (Å²) in [6, 6.07) is 20.7. The molecule has 0 radical (unpaired) electrons. The number of aryl methyl sites for hydroxylation is 3. The number of anilines is 2.